The fourth-order valence-electron chi connectivity index (χ4n) is 1.83. The summed E-state index contributed by atoms with van der Waals surface area (Å²) in [7, 11) is 2.99. The molecule has 0 bridgehead atoms. The highest BCUT2D eigenvalue weighted by Crippen LogP contribution is 2.26. The summed E-state index contributed by atoms with van der Waals surface area (Å²) >= 11 is 0. The highest BCUT2D eigenvalue weighted by atomic mass is 16.5. The molecular weight excluding hydrogens is 258 g/mol. The van der Waals surface area contributed by atoms with E-state index in [9.17, 15) is 4.79 Å². The molecular formula is C15H21NO4. The second-order valence-electron chi connectivity index (χ2n) is 4.80. The lowest BCUT2D eigenvalue weighted by Gasteiger charge is -2.13. The van der Waals surface area contributed by atoms with Crippen LogP contribution in [0.5, 0.6) is 11.5 Å². The Bertz CT molecular complexity index is 457. The van der Waals surface area contributed by atoms with Crippen molar-refractivity contribution in [1.29, 1.82) is 0 Å². The van der Waals surface area contributed by atoms with Gasteiger partial charge in [-0.1, -0.05) is 6.07 Å². The minimum absolute atomic E-state index is 0.239. The average molecular weight is 279 g/mol. The number of ether oxygens (including phenoxy) is 3. The van der Waals surface area contributed by atoms with Crippen molar-refractivity contribution in [2.24, 2.45) is 0 Å². The Labute approximate surface area is 119 Å². The van der Waals surface area contributed by atoms with E-state index in [2.05, 4.69) is 10.1 Å². The molecule has 1 aliphatic carbocycles. The molecule has 0 atom stereocenters. The first-order valence-electron chi connectivity index (χ1n) is 6.83. The maximum Gasteiger partial charge on any atom is 0.308 e. The molecule has 0 amide bonds. The zero-order chi connectivity index (χ0) is 14.4. The first-order valence-corrected chi connectivity index (χ1v) is 6.83. The molecule has 0 aromatic heterocycles. The minimum Gasteiger partial charge on any atom is -0.497 e. The summed E-state index contributed by atoms with van der Waals surface area (Å²) in [5.74, 6) is 1.22. The Hall–Kier alpha value is -1.75. The topological polar surface area (TPSA) is 56.8 Å². The number of benzene rings is 1. The molecule has 2 rings (SSSR count). The zero-order valence-corrected chi connectivity index (χ0v) is 12.0. The van der Waals surface area contributed by atoms with Crippen molar-refractivity contribution in [3.63, 3.8) is 0 Å². The molecule has 110 valence electrons. The Morgan fingerprint density at radius 1 is 1.35 bits per heavy atom. The number of hydrogen-bond acceptors (Lipinski definition) is 5. The third kappa shape index (κ3) is 4.42. The molecule has 5 heteroatoms. The van der Waals surface area contributed by atoms with Crippen molar-refractivity contribution < 1.29 is 19.0 Å². The van der Waals surface area contributed by atoms with Crippen LogP contribution in [0.4, 0.5) is 0 Å². The number of carbonyl (C=O) groups excluding carboxylic acids is 1. The van der Waals surface area contributed by atoms with Crippen LogP contribution in [-0.4, -0.2) is 32.8 Å². The van der Waals surface area contributed by atoms with Gasteiger partial charge in [-0.2, -0.15) is 0 Å². The first kappa shape index (κ1) is 14.7. The van der Waals surface area contributed by atoms with Crippen molar-refractivity contribution in [2.75, 3.05) is 20.8 Å². The highest BCUT2D eigenvalue weighted by molar-refractivity contribution is 5.69. The van der Waals surface area contributed by atoms with Crippen molar-refractivity contribution in [3.05, 3.63) is 23.8 Å². The summed E-state index contributed by atoms with van der Waals surface area (Å²) in [4.78, 5) is 11.1. The minimum atomic E-state index is -0.273. The van der Waals surface area contributed by atoms with Crippen LogP contribution in [0.2, 0.25) is 0 Å². The molecule has 0 radical (unpaired) electrons. The summed E-state index contributed by atoms with van der Waals surface area (Å²) in [6.45, 7) is 1.07. The predicted molar refractivity (Wildman–Crippen MR) is 75.0 cm³/mol. The molecule has 5 nitrogen and oxygen atoms in total. The number of carbonyl (C=O) groups is 1. The van der Waals surface area contributed by atoms with Crippen LogP contribution < -0.4 is 14.8 Å². The van der Waals surface area contributed by atoms with Gasteiger partial charge in [0.05, 0.1) is 27.2 Å². The Balaban J connectivity index is 1.95. The summed E-state index contributed by atoms with van der Waals surface area (Å²) in [6, 6.07) is 6.39. The van der Waals surface area contributed by atoms with Crippen LogP contribution in [0.25, 0.3) is 0 Å². The Morgan fingerprint density at radius 2 is 2.15 bits per heavy atom. The van der Waals surface area contributed by atoms with Crippen molar-refractivity contribution in [1.82, 2.24) is 5.32 Å². The molecule has 0 saturated heterocycles. The van der Waals surface area contributed by atoms with Gasteiger partial charge in [0.15, 0.2) is 0 Å². The first-order chi connectivity index (χ1) is 9.72. The predicted octanol–water partition coefficient (Wildman–Crippen LogP) is 1.89. The number of methoxy groups -OCH3 is 2. The molecule has 1 aromatic rings. The third-order valence-electron chi connectivity index (χ3n) is 3.22. The molecule has 1 aliphatic rings. The number of esters is 1. The molecule has 20 heavy (non-hydrogen) atoms. The van der Waals surface area contributed by atoms with E-state index in [1.165, 1.54) is 20.0 Å². The molecule has 1 N–H and O–H groups in total. The third-order valence-corrected chi connectivity index (χ3v) is 3.22. The van der Waals surface area contributed by atoms with Crippen LogP contribution in [0.3, 0.4) is 0 Å². The summed E-state index contributed by atoms with van der Waals surface area (Å²) in [6.07, 6.45) is 2.73. The molecule has 0 unspecified atom stereocenters. The van der Waals surface area contributed by atoms with Gasteiger partial charge < -0.3 is 19.5 Å². The molecule has 1 saturated carbocycles. The van der Waals surface area contributed by atoms with Crippen LogP contribution in [0.15, 0.2) is 18.2 Å². The summed E-state index contributed by atoms with van der Waals surface area (Å²) in [5, 5.41) is 3.45. The molecule has 0 aliphatic heterocycles. The monoisotopic (exact) mass is 279 g/mol. The van der Waals surface area contributed by atoms with Gasteiger partial charge >= 0.3 is 5.97 Å². The van der Waals surface area contributed by atoms with Crippen LogP contribution >= 0.6 is 0 Å². The SMILES string of the molecule is COC(=O)CCOc1cc(OC)ccc1CNC1CC1. The molecule has 0 spiro atoms. The number of rotatable bonds is 8. The maximum atomic E-state index is 11.1. The van der Waals surface area contributed by atoms with E-state index in [0.717, 1.165) is 23.6 Å². The fourth-order valence-corrected chi connectivity index (χ4v) is 1.83. The van der Waals surface area contributed by atoms with Crippen molar-refractivity contribution in [2.45, 2.75) is 31.8 Å². The van der Waals surface area contributed by atoms with Crippen LogP contribution in [-0.2, 0) is 16.1 Å². The van der Waals surface area contributed by atoms with Crippen molar-refractivity contribution >= 4 is 5.97 Å². The lowest BCUT2D eigenvalue weighted by molar-refractivity contribution is -0.141. The van der Waals surface area contributed by atoms with E-state index in [-0.39, 0.29) is 12.4 Å². The van der Waals surface area contributed by atoms with E-state index >= 15 is 0 Å². The van der Waals surface area contributed by atoms with Gasteiger partial charge in [0.1, 0.15) is 11.5 Å². The molecule has 1 aromatic carbocycles. The van der Waals surface area contributed by atoms with Gasteiger partial charge in [-0.3, -0.25) is 4.79 Å². The van der Waals surface area contributed by atoms with Gasteiger partial charge in [0.25, 0.3) is 0 Å². The second kappa shape index (κ2) is 7.14. The van der Waals surface area contributed by atoms with Gasteiger partial charge in [-0.25, -0.2) is 0 Å². The number of hydrogen-bond donors (Lipinski definition) is 1. The average Bonchev–Trinajstić information content (AvgIpc) is 3.29. The fraction of sp³-hybridized carbons (Fsp3) is 0.533. The lowest BCUT2D eigenvalue weighted by atomic mass is 10.2. The summed E-state index contributed by atoms with van der Waals surface area (Å²) < 4.78 is 15.5. The van der Waals surface area contributed by atoms with E-state index < -0.39 is 0 Å². The quantitative estimate of drug-likeness (QED) is 0.736. The Morgan fingerprint density at radius 3 is 2.80 bits per heavy atom. The smallest absolute Gasteiger partial charge is 0.308 e. The van der Waals surface area contributed by atoms with E-state index in [4.69, 9.17) is 9.47 Å². The molecule has 1 fully saturated rings. The van der Waals surface area contributed by atoms with Gasteiger partial charge in [0, 0.05) is 24.2 Å². The normalized spacial score (nSPS) is 13.9. The zero-order valence-electron chi connectivity index (χ0n) is 12.0. The second-order valence-corrected chi connectivity index (χ2v) is 4.80. The molecule has 0 heterocycles. The van der Waals surface area contributed by atoms with Crippen LogP contribution in [0.1, 0.15) is 24.8 Å². The largest absolute Gasteiger partial charge is 0.497 e. The van der Waals surface area contributed by atoms with E-state index in [1.54, 1.807) is 7.11 Å². The maximum absolute atomic E-state index is 11.1. The van der Waals surface area contributed by atoms with E-state index in [1.807, 2.05) is 18.2 Å². The van der Waals surface area contributed by atoms with E-state index in [0.29, 0.717) is 12.6 Å². The summed E-state index contributed by atoms with van der Waals surface area (Å²) in [5.41, 5.74) is 1.07. The van der Waals surface area contributed by atoms with Gasteiger partial charge in [0.2, 0.25) is 0 Å². The highest BCUT2D eigenvalue weighted by Gasteiger charge is 2.20. The van der Waals surface area contributed by atoms with Gasteiger partial charge in [-0.05, 0) is 18.9 Å². The van der Waals surface area contributed by atoms with Crippen molar-refractivity contribution in [3.8, 4) is 11.5 Å². The van der Waals surface area contributed by atoms with Crippen LogP contribution in [0, 0.1) is 0 Å². The Kier molecular flexibility index (Phi) is 5.24. The standard InChI is InChI=1S/C15H21NO4/c1-18-13-6-3-11(10-16-12-4-5-12)14(9-13)20-8-7-15(17)19-2/h3,6,9,12,16H,4-5,7-8,10H2,1-2H3. The number of nitrogens with one attached hydrogen (secondary N) is 1. The van der Waals surface area contributed by atoms with Gasteiger partial charge in [-0.15, -0.1) is 0 Å². The lowest BCUT2D eigenvalue weighted by Crippen LogP contribution is -2.16.